The number of pyridine rings is 4. The Balaban J connectivity index is 0.000000147. The molecule has 9 aromatic rings. The molecular weight excluding hydrogens is 779 g/mol. The highest BCUT2D eigenvalue weighted by Crippen LogP contribution is 2.34. The predicted octanol–water partition coefficient (Wildman–Crippen LogP) is 14.8. The molecule has 0 unspecified atom stereocenters. The van der Waals surface area contributed by atoms with Crippen molar-refractivity contribution >= 4 is 49.0 Å². The lowest BCUT2D eigenvalue weighted by molar-refractivity contribution is 0.408. The second-order valence-electron chi connectivity index (χ2n) is 19.9. The van der Waals surface area contributed by atoms with Crippen LogP contribution in [-0.4, -0.2) is 33.9 Å². The van der Waals surface area contributed by atoms with E-state index in [2.05, 4.69) is 197 Å². The van der Waals surface area contributed by atoms with Crippen LogP contribution < -0.4 is 0 Å². The van der Waals surface area contributed by atoms with E-state index in [0.29, 0.717) is 5.92 Å². The van der Waals surface area contributed by atoms with Gasteiger partial charge < -0.3 is 8.97 Å². The third kappa shape index (κ3) is 12.4. The maximum Gasteiger partial charge on any atom is 0.177 e. The Morgan fingerprint density at radius 1 is 0.548 bits per heavy atom. The van der Waals surface area contributed by atoms with Crippen molar-refractivity contribution in [2.45, 2.75) is 125 Å². The number of hydrogen-bond acceptors (Lipinski definition) is 6. The molecule has 0 aliphatic rings. The zero-order valence-electron chi connectivity index (χ0n) is 39.5. The summed E-state index contributed by atoms with van der Waals surface area (Å²) in [5, 5.41) is 6.24. The summed E-state index contributed by atoms with van der Waals surface area (Å²) in [6.07, 6.45) is 15.2. The highest BCUT2D eigenvalue weighted by Gasteiger charge is 2.20. The lowest BCUT2D eigenvalue weighted by atomic mass is 9.85. The van der Waals surface area contributed by atoms with Crippen LogP contribution in [0.4, 0.5) is 0 Å². The van der Waals surface area contributed by atoms with E-state index < -0.39 is 0 Å². The molecule has 9 rings (SSSR count). The van der Waals surface area contributed by atoms with Crippen LogP contribution in [0.2, 0.25) is 0 Å². The van der Waals surface area contributed by atoms with Gasteiger partial charge in [0.15, 0.2) is 5.65 Å². The summed E-state index contributed by atoms with van der Waals surface area (Å²) < 4.78 is 5.67. The molecule has 0 N–H and O–H groups in total. The molecule has 0 saturated heterocycles. The highest BCUT2D eigenvalue weighted by atomic mass is 32.1. The van der Waals surface area contributed by atoms with Crippen molar-refractivity contribution in [1.29, 1.82) is 0 Å². The monoisotopic (exact) mass is 846 g/mol. The van der Waals surface area contributed by atoms with Crippen LogP contribution in [0.25, 0.3) is 37.7 Å². The molecule has 0 amide bonds. The first-order chi connectivity index (χ1) is 29.2. The summed E-state index contributed by atoms with van der Waals surface area (Å²) in [5.41, 5.74) is 8.91. The van der Waals surface area contributed by atoms with E-state index in [0.717, 1.165) is 16.8 Å². The standard InChI is InChI=1S/C13H15N.C12H14S.C11H14N2.C10H13N3.C8H11N/c1-13(2,3)12-9-14-8-10-6-4-5-7-11(10)12;1-12(2,3)10-8-13-11-7-5-4-6-9(10)11;1-11(2,3)9-8-12-10-6-4-5-7-13(9)10;1-10(2,3)13-7-12-9-8(13)5-4-6-11-9;1-7(2)8-4-3-5-9-6-8/h4-9H,1-3H3;2*4-8H,1-3H3;4-7H,1-3H3;3-7H,1-2H3. The van der Waals surface area contributed by atoms with Gasteiger partial charge in [0.25, 0.3) is 0 Å². The van der Waals surface area contributed by atoms with E-state index in [1.54, 1.807) is 12.4 Å². The molecule has 0 fully saturated rings. The zero-order valence-corrected chi connectivity index (χ0v) is 40.3. The third-order valence-corrected chi connectivity index (χ3v) is 11.3. The maximum atomic E-state index is 4.35. The van der Waals surface area contributed by atoms with Gasteiger partial charge in [0.1, 0.15) is 5.65 Å². The van der Waals surface area contributed by atoms with Gasteiger partial charge >= 0.3 is 0 Å². The number of hydrogen-bond donors (Lipinski definition) is 0. The number of thiophene rings is 1. The molecule has 8 heteroatoms. The smallest absolute Gasteiger partial charge is 0.177 e. The number of aromatic nitrogens is 7. The van der Waals surface area contributed by atoms with Crippen LogP contribution in [0.3, 0.4) is 0 Å². The van der Waals surface area contributed by atoms with Crippen molar-refractivity contribution in [3.63, 3.8) is 0 Å². The van der Waals surface area contributed by atoms with Crippen molar-refractivity contribution in [1.82, 2.24) is 33.9 Å². The number of benzene rings is 2. The molecule has 0 radical (unpaired) electrons. The number of fused-ring (bicyclic) bond motifs is 4. The van der Waals surface area contributed by atoms with Crippen molar-refractivity contribution < 1.29 is 0 Å². The van der Waals surface area contributed by atoms with E-state index in [-0.39, 0.29) is 21.8 Å². The van der Waals surface area contributed by atoms with Crippen molar-refractivity contribution in [2.75, 3.05) is 0 Å². The quantitative estimate of drug-likeness (QED) is 0.165. The van der Waals surface area contributed by atoms with Crippen molar-refractivity contribution in [3.8, 4) is 0 Å². The Hall–Kier alpha value is -5.73. The molecule has 62 heavy (non-hydrogen) atoms. The molecule has 0 spiro atoms. The predicted molar refractivity (Wildman–Crippen MR) is 266 cm³/mol. The van der Waals surface area contributed by atoms with Crippen LogP contribution in [0, 0.1) is 0 Å². The van der Waals surface area contributed by atoms with Gasteiger partial charge in [0.2, 0.25) is 0 Å². The number of rotatable bonds is 1. The highest BCUT2D eigenvalue weighted by molar-refractivity contribution is 7.17. The molecule has 2 aromatic carbocycles. The SMILES string of the molecule is CC(C)(C)c1cnc2ccccn12.CC(C)(C)c1cncc2ccccc12.CC(C)(C)c1csc2ccccc12.CC(C)(C)n1cnc2ncccc21.CC(C)c1cccnc1. The van der Waals surface area contributed by atoms with Crippen LogP contribution in [-0.2, 0) is 21.8 Å². The zero-order chi connectivity index (χ0) is 45.3. The van der Waals surface area contributed by atoms with Crippen LogP contribution in [0.15, 0.2) is 146 Å². The molecule has 0 aliphatic heterocycles. The average molecular weight is 846 g/mol. The Labute approximate surface area is 374 Å². The van der Waals surface area contributed by atoms with Gasteiger partial charge in [-0.2, -0.15) is 0 Å². The molecule has 7 heterocycles. The van der Waals surface area contributed by atoms with E-state index >= 15 is 0 Å². The van der Waals surface area contributed by atoms with Gasteiger partial charge in [-0.3, -0.25) is 9.97 Å². The Bertz CT molecular complexity index is 2560. The summed E-state index contributed by atoms with van der Waals surface area (Å²) >= 11 is 1.84. The molecule has 0 bridgehead atoms. The lowest BCUT2D eigenvalue weighted by Gasteiger charge is -2.21. The fourth-order valence-electron chi connectivity index (χ4n) is 6.86. The molecular formula is C54H67N7S. The summed E-state index contributed by atoms with van der Waals surface area (Å²) in [6.45, 7) is 30.8. The number of nitrogens with zero attached hydrogens (tertiary/aromatic N) is 7. The number of imidazole rings is 2. The molecule has 0 saturated carbocycles. The van der Waals surface area contributed by atoms with Gasteiger partial charge in [-0.15, -0.1) is 11.3 Å². The first-order valence-corrected chi connectivity index (χ1v) is 22.4. The van der Waals surface area contributed by atoms with E-state index in [9.17, 15) is 0 Å². The maximum absolute atomic E-state index is 4.35. The fourth-order valence-corrected chi connectivity index (χ4v) is 8.05. The summed E-state index contributed by atoms with van der Waals surface area (Å²) in [5.74, 6) is 0.596. The normalized spacial score (nSPS) is 11.9. The second-order valence-corrected chi connectivity index (χ2v) is 20.9. The van der Waals surface area contributed by atoms with Crippen LogP contribution >= 0.6 is 11.3 Å². The van der Waals surface area contributed by atoms with Gasteiger partial charge in [-0.25, -0.2) is 15.0 Å². The van der Waals surface area contributed by atoms with Gasteiger partial charge in [0.05, 0.1) is 11.8 Å². The van der Waals surface area contributed by atoms with Crippen molar-refractivity contribution in [3.05, 3.63) is 168 Å². The minimum atomic E-state index is 0.0672. The molecule has 0 atom stereocenters. The van der Waals surface area contributed by atoms with Gasteiger partial charge in [0, 0.05) is 70.1 Å². The minimum absolute atomic E-state index is 0.0672. The first kappa shape index (κ1) is 47.3. The summed E-state index contributed by atoms with van der Waals surface area (Å²) in [7, 11) is 0. The largest absolute Gasteiger partial charge is 0.324 e. The topological polar surface area (TPSA) is 73.8 Å². The van der Waals surface area contributed by atoms with Crippen molar-refractivity contribution in [2.24, 2.45) is 0 Å². The van der Waals surface area contributed by atoms with E-state index in [1.165, 1.54) is 43.2 Å². The molecule has 7 nitrogen and oxygen atoms in total. The Morgan fingerprint density at radius 3 is 1.84 bits per heavy atom. The summed E-state index contributed by atoms with van der Waals surface area (Å²) in [6, 6.07) is 31.1. The molecule has 324 valence electrons. The Kier molecular flexibility index (Phi) is 15.2. The molecule has 0 aliphatic carbocycles. The van der Waals surface area contributed by atoms with Crippen LogP contribution in [0.1, 0.15) is 125 Å². The van der Waals surface area contributed by atoms with E-state index in [4.69, 9.17) is 0 Å². The van der Waals surface area contributed by atoms with Crippen LogP contribution in [0.5, 0.6) is 0 Å². The molecule has 7 aromatic heterocycles. The Morgan fingerprint density at radius 2 is 1.21 bits per heavy atom. The first-order valence-electron chi connectivity index (χ1n) is 21.6. The van der Waals surface area contributed by atoms with Gasteiger partial charge in [-0.05, 0) is 107 Å². The minimum Gasteiger partial charge on any atom is -0.324 e. The lowest BCUT2D eigenvalue weighted by Crippen LogP contribution is -2.20. The fraction of sp³-hybridized carbons (Fsp3) is 0.352. The summed E-state index contributed by atoms with van der Waals surface area (Å²) in [4.78, 5) is 21.1. The third-order valence-electron chi connectivity index (χ3n) is 10.3. The van der Waals surface area contributed by atoms with E-state index in [1.807, 2.05) is 78.8 Å². The second kappa shape index (κ2) is 20.0. The average Bonchev–Trinajstić information content (AvgIpc) is 3.99. The van der Waals surface area contributed by atoms with Gasteiger partial charge in [-0.1, -0.05) is 131 Å².